The molecule has 2 aliphatic heterocycles. The van der Waals surface area contributed by atoms with Crippen molar-refractivity contribution in [3.8, 4) is 0 Å². The SMILES string of the molecule is C=CCC1(CC=C)C(=O)N2C(C(=O)C(C)(C)C)=C(C)C(OC(=O)c3ccc(C(=O)O)cc3)S(=O)(=O)[C@H]21. The van der Waals surface area contributed by atoms with Crippen LogP contribution in [-0.4, -0.2) is 52.9 Å². The van der Waals surface area contributed by atoms with Crippen LogP contribution in [0, 0.1) is 10.8 Å². The first-order valence-electron chi connectivity index (χ1n) is 11.2. The van der Waals surface area contributed by atoms with E-state index in [0.29, 0.717) is 0 Å². The minimum atomic E-state index is -4.37. The fourth-order valence-electron chi connectivity index (χ4n) is 4.67. The molecule has 0 bridgehead atoms. The number of hydrogen-bond acceptors (Lipinski definition) is 7. The highest BCUT2D eigenvalue weighted by molar-refractivity contribution is 7.92. The number of hydrogen-bond donors (Lipinski definition) is 1. The second kappa shape index (κ2) is 9.16. The fraction of sp³-hybridized carbons (Fsp3) is 0.385. The summed E-state index contributed by atoms with van der Waals surface area (Å²) in [6.45, 7) is 13.6. The van der Waals surface area contributed by atoms with Gasteiger partial charge in [-0.2, -0.15) is 0 Å². The van der Waals surface area contributed by atoms with Crippen LogP contribution >= 0.6 is 0 Å². The zero-order valence-electron chi connectivity index (χ0n) is 20.6. The molecular weight excluding hydrogens is 486 g/mol. The van der Waals surface area contributed by atoms with Gasteiger partial charge in [-0.1, -0.05) is 32.9 Å². The Hall–Kier alpha value is -3.53. The zero-order chi connectivity index (χ0) is 27.2. The van der Waals surface area contributed by atoms with Crippen molar-refractivity contribution in [2.45, 2.75) is 51.3 Å². The predicted octanol–water partition coefficient (Wildman–Crippen LogP) is 3.49. The molecule has 2 atom stereocenters. The molecule has 36 heavy (non-hydrogen) atoms. The molecule has 10 heteroatoms. The van der Waals surface area contributed by atoms with Gasteiger partial charge in [0.15, 0.2) is 11.2 Å². The minimum absolute atomic E-state index is 0.0194. The number of esters is 1. The van der Waals surface area contributed by atoms with Gasteiger partial charge in [0.25, 0.3) is 0 Å². The quantitative estimate of drug-likeness (QED) is 0.316. The molecule has 192 valence electrons. The van der Waals surface area contributed by atoms with Crippen molar-refractivity contribution < 1.29 is 37.4 Å². The van der Waals surface area contributed by atoms with Crippen LogP contribution in [0.25, 0.3) is 0 Å². The van der Waals surface area contributed by atoms with Crippen LogP contribution in [0.3, 0.4) is 0 Å². The van der Waals surface area contributed by atoms with Gasteiger partial charge in [-0.25, -0.2) is 18.0 Å². The number of allylic oxidation sites excluding steroid dienone is 3. The lowest BCUT2D eigenvalue weighted by Crippen LogP contribution is -2.74. The number of rotatable bonds is 8. The van der Waals surface area contributed by atoms with E-state index in [0.717, 1.165) is 4.90 Å². The van der Waals surface area contributed by atoms with E-state index in [-0.39, 0.29) is 35.2 Å². The van der Waals surface area contributed by atoms with Crippen molar-refractivity contribution in [3.05, 3.63) is 72.0 Å². The molecule has 0 radical (unpaired) electrons. The van der Waals surface area contributed by atoms with Crippen LogP contribution in [-0.2, 0) is 24.2 Å². The van der Waals surface area contributed by atoms with Gasteiger partial charge in [0.1, 0.15) is 0 Å². The van der Waals surface area contributed by atoms with Crippen LogP contribution in [0.15, 0.2) is 60.8 Å². The second-order valence-corrected chi connectivity index (χ2v) is 12.0. The summed E-state index contributed by atoms with van der Waals surface area (Å²) in [7, 11) is -4.37. The largest absolute Gasteiger partial charge is 0.478 e. The third-order valence-corrected chi connectivity index (χ3v) is 8.76. The summed E-state index contributed by atoms with van der Waals surface area (Å²) >= 11 is 0. The summed E-state index contributed by atoms with van der Waals surface area (Å²) in [6.07, 6.45) is 2.92. The number of benzene rings is 1. The van der Waals surface area contributed by atoms with E-state index < -0.39 is 55.1 Å². The highest BCUT2D eigenvalue weighted by atomic mass is 32.2. The molecule has 1 N–H and O–H groups in total. The normalized spacial score (nSPS) is 22.2. The van der Waals surface area contributed by atoms with Crippen molar-refractivity contribution in [1.29, 1.82) is 0 Å². The summed E-state index contributed by atoms with van der Waals surface area (Å²) in [5.74, 6) is -3.20. The van der Waals surface area contributed by atoms with Crippen molar-refractivity contribution in [2.75, 3.05) is 0 Å². The number of β-lactam (4-membered cyclic amide) rings is 1. The average Bonchev–Trinajstić information content (AvgIpc) is 2.79. The monoisotopic (exact) mass is 515 g/mol. The highest BCUT2D eigenvalue weighted by Gasteiger charge is 2.70. The Morgan fingerprint density at radius 3 is 2.03 bits per heavy atom. The van der Waals surface area contributed by atoms with E-state index in [4.69, 9.17) is 9.84 Å². The predicted molar refractivity (Wildman–Crippen MR) is 131 cm³/mol. The van der Waals surface area contributed by atoms with Gasteiger partial charge in [-0.3, -0.25) is 14.5 Å². The summed E-state index contributed by atoms with van der Waals surface area (Å²) in [5.41, 5.74) is -4.51. The van der Waals surface area contributed by atoms with Gasteiger partial charge in [0, 0.05) is 11.0 Å². The zero-order valence-corrected chi connectivity index (χ0v) is 21.4. The summed E-state index contributed by atoms with van der Waals surface area (Å²) in [4.78, 5) is 51.9. The van der Waals surface area contributed by atoms with Crippen molar-refractivity contribution >= 4 is 33.5 Å². The molecule has 0 spiro atoms. The summed E-state index contributed by atoms with van der Waals surface area (Å²) in [6, 6.07) is 4.80. The third kappa shape index (κ3) is 4.09. The van der Waals surface area contributed by atoms with E-state index in [1.165, 1.54) is 43.3 Å². The summed E-state index contributed by atoms with van der Waals surface area (Å²) < 4.78 is 33.2. The van der Waals surface area contributed by atoms with Gasteiger partial charge in [0.2, 0.25) is 21.2 Å². The average molecular weight is 516 g/mol. The van der Waals surface area contributed by atoms with E-state index in [1.807, 2.05) is 0 Å². The minimum Gasteiger partial charge on any atom is -0.478 e. The third-order valence-electron chi connectivity index (χ3n) is 6.42. The molecule has 1 fully saturated rings. The number of carboxylic acid groups (broad SMARTS) is 1. The number of carboxylic acids is 1. The number of sulfone groups is 1. The highest BCUT2D eigenvalue weighted by Crippen LogP contribution is 2.55. The lowest BCUT2D eigenvalue weighted by atomic mass is 9.71. The molecular formula is C26H29NO8S. The number of fused-ring (bicyclic) bond motifs is 1. The first-order chi connectivity index (χ1) is 16.6. The Bertz CT molecular complexity index is 1290. The first kappa shape index (κ1) is 27.1. The molecule has 1 aromatic carbocycles. The Balaban J connectivity index is 2.16. The van der Waals surface area contributed by atoms with Crippen LogP contribution < -0.4 is 0 Å². The van der Waals surface area contributed by atoms with Gasteiger partial charge < -0.3 is 9.84 Å². The number of ketones is 1. The maximum Gasteiger partial charge on any atom is 0.339 e. The molecule has 1 unspecified atom stereocenters. The molecule has 3 rings (SSSR count). The first-order valence-corrected chi connectivity index (χ1v) is 12.8. The van der Waals surface area contributed by atoms with E-state index >= 15 is 0 Å². The molecule has 0 aliphatic carbocycles. The number of Topliss-reactive ketones (excluding diaryl/α,β-unsaturated/α-hetero) is 1. The number of nitrogens with zero attached hydrogens (tertiary/aromatic N) is 1. The van der Waals surface area contributed by atoms with Crippen molar-refractivity contribution in [1.82, 2.24) is 4.90 Å². The smallest absolute Gasteiger partial charge is 0.339 e. The maximum atomic E-state index is 13.9. The van der Waals surface area contributed by atoms with Gasteiger partial charge in [-0.05, 0) is 44.0 Å². The lowest BCUT2D eigenvalue weighted by molar-refractivity contribution is -0.162. The van der Waals surface area contributed by atoms with Crippen LogP contribution in [0.1, 0.15) is 61.3 Å². The fourth-order valence-corrected chi connectivity index (χ4v) is 7.14. The molecule has 2 aliphatic rings. The molecule has 0 saturated carbocycles. The number of carbonyl (C=O) groups is 4. The van der Waals surface area contributed by atoms with E-state index in [2.05, 4.69) is 13.2 Å². The Kier molecular flexibility index (Phi) is 6.89. The van der Waals surface area contributed by atoms with Crippen molar-refractivity contribution in [2.24, 2.45) is 10.8 Å². The van der Waals surface area contributed by atoms with E-state index in [9.17, 15) is 27.6 Å². The molecule has 1 amide bonds. The van der Waals surface area contributed by atoms with Crippen LogP contribution in [0.5, 0.6) is 0 Å². The Labute approximate surface area is 210 Å². The maximum absolute atomic E-state index is 13.9. The standard InChI is InChI=1S/C26H29NO8S/c1-7-13-26(14-8-2)23(32)27-18(19(28)25(4,5)6)15(3)22(36(33,34)24(26)27)35-21(31)17-11-9-16(10-12-17)20(29)30/h7-12,22,24H,1-2,13-14H2,3-6H3,(H,29,30)/t22?,24-/m0/s1. The number of carbonyl (C=O) groups excluding carboxylic acids is 3. The lowest BCUT2D eigenvalue weighted by Gasteiger charge is -2.58. The second-order valence-electron chi connectivity index (χ2n) is 9.99. The van der Waals surface area contributed by atoms with Gasteiger partial charge >= 0.3 is 11.9 Å². The Morgan fingerprint density at radius 1 is 1.08 bits per heavy atom. The number of amides is 1. The molecule has 0 aromatic heterocycles. The molecule has 9 nitrogen and oxygen atoms in total. The van der Waals surface area contributed by atoms with E-state index in [1.54, 1.807) is 20.8 Å². The van der Waals surface area contributed by atoms with Gasteiger partial charge in [0.05, 0.1) is 22.2 Å². The number of aromatic carboxylic acids is 1. The van der Waals surface area contributed by atoms with Crippen LogP contribution in [0.2, 0.25) is 0 Å². The molecule has 2 heterocycles. The number of ether oxygens (including phenoxy) is 1. The Morgan fingerprint density at radius 2 is 1.58 bits per heavy atom. The van der Waals surface area contributed by atoms with Gasteiger partial charge in [-0.15, -0.1) is 13.2 Å². The topological polar surface area (TPSA) is 135 Å². The van der Waals surface area contributed by atoms with Crippen LogP contribution in [0.4, 0.5) is 0 Å². The molecule has 1 aromatic rings. The molecule has 1 saturated heterocycles. The van der Waals surface area contributed by atoms with Crippen molar-refractivity contribution in [3.63, 3.8) is 0 Å². The summed E-state index contributed by atoms with van der Waals surface area (Å²) in [5, 5.41) is 7.61.